The molecule has 0 fully saturated rings. The van der Waals surface area contributed by atoms with E-state index in [0.717, 1.165) is 0 Å². The lowest BCUT2D eigenvalue weighted by atomic mass is 10.3. The van der Waals surface area contributed by atoms with Crippen molar-refractivity contribution in [3.63, 3.8) is 0 Å². The molecule has 2 rings (SSSR count). The minimum absolute atomic E-state index is 0.115. The fraction of sp³-hybridized carbons (Fsp3) is 0.500. The van der Waals surface area contributed by atoms with Crippen LogP contribution in [0.25, 0.3) is 11.2 Å². The van der Waals surface area contributed by atoms with Gasteiger partial charge >= 0.3 is 11.9 Å². The van der Waals surface area contributed by atoms with Crippen molar-refractivity contribution in [1.82, 2.24) is 14.5 Å². The van der Waals surface area contributed by atoms with Gasteiger partial charge in [0.05, 0.1) is 0 Å². The van der Waals surface area contributed by atoms with E-state index in [1.54, 1.807) is 12.1 Å². The van der Waals surface area contributed by atoms with E-state index >= 15 is 0 Å². The van der Waals surface area contributed by atoms with Gasteiger partial charge in [0, 0.05) is 25.8 Å². The molecule has 0 radical (unpaired) electrons. The van der Waals surface area contributed by atoms with Crippen molar-refractivity contribution < 1.29 is 22.7 Å². The lowest BCUT2D eigenvalue weighted by molar-refractivity contribution is -0.207. The summed E-state index contributed by atoms with van der Waals surface area (Å²) < 4.78 is 42.9. The highest BCUT2D eigenvalue weighted by Crippen LogP contribution is 2.20. The van der Waals surface area contributed by atoms with E-state index in [1.807, 2.05) is 0 Å². The number of fused-ring (bicyclic) bond motifs is 1. The molecule has 0 aliphatic heterocycles. The Labute approximate surface area is 117 Å². The fourth-order valence-electron chi connectivity index (χ4n) is 1.86. The average molecular weight is 305 g/mol. The van der Waals surface area contributed by atoms with Crippen LogP contribution in [0.2, 0.25) is 0 Å². The van der Waals surface area contributed by atoms with Gasteiger partial charge in [-0.25, -0.2) is 9.78 Å². The number of aliphatic hydroxyl groups is 1. The molecule has 2 aromatic rings. The Kier molecular flexibility index (Phi) is 4.33. The first-order valence-corrected chi connectivity index (χ1v) is 6.16. The molecule has 21 heavy (non-hydrogen) atoms. The molecule has 9 heteroatoms. The topological polar surface area (TPSA) is 71.5 Å². The van der Waals surface area contributed by atoms with Crippen LogP contribution in [0, 0.1) is 0 Å². The Bertz CT molecular complexity index is 665. The molecule has 1 N–H and O–H groups in total. The molecule has 2 heterocycles. The van der Waals surface area contributed by atoms with Crippen molar-refractivity contribution in [3.05, 3.63) is 28.9 Å². The standard InChI is InChI=1S/C12H14F3N3O3/c1-17(7-9(19)12(13,14)15)5-6-18-10-8(21-11(18)20)3-2-4-16-10/h2-4,9,19H,5-7H2,1H3. The van der Waals surface area contributed by atoms with Gasteiger partial charge in [-0.2, -0.15) is 13.2 Å². The predicted octanol–water partition coefficient (Wildman–Crippen LogP) is 0.845. The van der Waals surface area contributed by atoms with Crippen LogP contribution >= 0.6 is 0 Å². The van der Waals surface area contributed by atoms with Gasteiger partial charge in [0.2, 0.25) is 0 Å². The SMILES string of the molecule is CN(CCn1c(=O)oc2cccnc21)CC(O)C(F)(F)F. The Morgan fingerprint density at radius 2 is 2.24 bits per heavy atom. The Hall–Kier alpha value is -1.87. The number of pyridine rings is 1. The molecule has 0 saturated carbocycles. The van der Waals surface area contributed by atoms with Gasteiger partial charge in [0.1, 0.15) is 0 Å². The van der Waals surface area contributed by atoms with E-state index in [9.17, 15) is 18.0 Å². The molecule has 116 valence electrons. The van der Waals surface area contributed by atoms with E-state index in [1.165, 1.54) is 22.7 Å². The van der Waals surface area contributed by atoms with Gasteiger partial charge in [-0.3, -0.25) is 4.57 Å². The van der Waals surface area contributed by atoms with E-state index in [0.29, 0.717) is 11.2 Å². The second-order valence-electron chi connectivity index (χ2n) is 4.66. The highest BCUT2D eigenvalue weighted by Gasteiger charge is 2.38. The number of aromatic nitrogens is 2. The second kappa shape index (κ2) is 5.86. The van der Waals surface area contributed by atoms with E-state index in [-0.39, 0.29) is 13.1 Å². The number of rotatable bonds is 5. The van der Waals surface area contributed by atoms with Crippen molar-refractivity contribution in [3.8, 4) is 0 Å². The van der Waals surface area contributed by atoms with Crippen LogP contribution in [-0.2, 0) is 6.54 Å². The first-order valence-electron chi connectivity index (χ1n) is 6.16. The van der Waals surface area contributed by atoms with Gasteiger partial charge < -0.3 is 14.4 Å². The third kappa shape index (κ3) is 3.61. The zero-order valence-electron chi connectivity index (χ0n) is 11.2. The average Bonchev–Trinajstić information content (AvgIpc) is 2.70. The number of hydrogen-bond donors (Lipinski definition) is 1. The first-order chi connectivity index (χ1) is 9.79. The van der Waals surface area contributed by atoms with Crippen LogP contribution in [-0.4, -0.2) is 52.0 Å². The Balaban J connectivity index is 2.02. The largest absolute Gasteiger partial charge is 0.421 e. The molecule has 0 bridgehead atoms. The van der Waals surface area contributed by atoms with Crippen LogP contribution in [0.15, 0.2) is 27.5 Å². The number of hydrogen-bond acceptors (Lipinski definition) is 5. The van der Waals surface area contributed by atoms with Crippen LogP contribution in [0.3, 0.4) is 0 Å². The lowest BCUT2D eigenvalue weighted by Crippen LogP contribution is -2.40. The molecule has 1 atom stereocenters. The summed E-state index contributed by atoms with van der Waals surface area (Å²) in [6.45, 7) is -0.316. The second-order valence-corrected chi connectivity index (χ2v) is 4.66. The summed E-state index contributed by atoms with van der Waals surface area (Å²) in [4.78, 5) is 16.9. The molecular formula is C12H14F3N3O3. The molecule has 0 aromatic carbocycles. The maximum absolute atomic E-state index is 12.2. The molecular weight excluding hydrogens is 291 g/mol. The summed E-state index contributed by atoms with van der Waals surface area (Å²) in [6.07, 6.45) is -5.58. The maximum Gasteiger partial charge on any atom is 0.421 e. The molecule has 0 aliphatic carbocycles. The minimum atomic E-state index is -4.66. The summed E-state index contributed by atoms with van der Waals surface area (Å²) >= 11 is 0. The Morgan fingerprint density at radius 3 is 2.90 bits per heavy atom. The van der Waals surface area contributed by atoms with Gasteiger partial charge in [-0.15, -0.1) is 0 Å². The zero-order valence-corrected chi connectivity index (χ0v) is 11.2. The van der Waals surface area contributed by atoms with Crippen LogP contribution < -0.4 is 5.76 Å². The number of halogens is 3. The molecule has 0 saturated heterocycles. The third-order valence-electron chi connectivity index (χ3n) is 2.99. The zero-order chi connectivity index (χ0) is 15.6. The van der Waals surface area contributed by atoms with Gasteiger partial charge in [0.15, 0.2) is 17.3 Å². The number of nitrogens with zero attached hydrogens (tertiary/aromatic N) is 3. The predicted molar refractivity (Wildman–Crippen MR) is 67.8 cm³/mol. The summed E-state index contributed by atoms with van der Waals surface area (Å²) in [5, 5.41) is 8.97. The number of likely N-dealkylation sites (N-methyl/N-ethyl adjacent to an activating group) is 1. The number of alkyl halides is 3. The van der Waals surface area contributed by atoms with E-state index in [4.69, 9.17) is 9.52 Å². The van der Waals surface area contributed by atoms with Crippen LogP contribution in [0.1, 0.15) is 0 Å². The third-order valence-corrected chi connectivity index (χ3v) is 2.99. The fourth-order valence-corrected chi connectivity index (χ4v) is 1.86. The summed E-state index contributed by atoms with van der Waals surface area (Å²) in [5.41, 5.74) is 0.660. The van der Waals surface area contributed by atoms with Gasteiger partial charge in [-0.05, 0) is 19.2 Å². The molecule has 0 spiro atoms. The Morgan fingerprint density at radius 1 is 1.52 bits per heavy atom. The quantitative estimate of drug-likeness (QED) is 0.886. The van der Waals surface area contributed by atoms with Crippen molar-refractivity contribution in [2.75, 3.05) is 20.1 Å². The smallest absolute Gasteiger partial charge is 0.406 e. The monoisotopic (exact) mass is 305 g/mol. The maximum atomic E-state index is 12.2. The van der Waals surface area contributed by atoms with Crippen molar-refractivity contribution >= 4 is 11.2 Å². The van der Waals surface area contributed by atoms with Crippen LogP contribution in [0.4, 0.5) is 13.2 Å². The normalized spacial score (nSPS) is 14.0. The lowest BCUT2D eigenvalue weighted by Gasteiger charge is -2.22. The van der Waals surface area contributed by atoms with Crippen molar-refractivity contribution in [1.29, 1.82) is 0 Å². The molecule has 2 aromatic heterocycles. The van der Waals surface area contributed by atoms with Gasteiger partial charge in [-0.1, -0.05) is 0 Å². The molecule has 6 nitrogen and oxygen atoms in total. The summed E-state index contributed by atoms with van der Waals surface area (Å²) in [7, 11) is 1.43. The van der Waals surface area contributed by atoms with Crippen LogP contribution in [0.5, 0.6) is 0 Å². The van der Waals surface area contributed by atoms with Crippen molar-refractivity contribution in [2.45, 2.75) is 18.8 Å². The highest BCUT2D eigenvalue weighted by atomic mass is 19.4. The molecule has 0 amide bonds. The summed E-state index contributed by atoms with van der Waals surface area (Å²) in [6, 6.07) is 3.19. The van der Waals surface area contributed by atoms with Gasteiger partial charge in [0.25, 0.3) is 0 Å². The van der Waals surface area contributed by atoms with E-state index in [2.05, 4.69) is 4.98 Å². The summed E-state index contributed by atoms with van der Waals surface area (Å²) in [5.74, 6) is -0.617. The minimum Gasteiger partial charge on any atom is -0.406 e. The van der Waals surface area contributed by atoms with E-state index < -0.39 is 24.6 Å². The molecule has 1 unspecified atom stereocenters. The number of aliphatic hydroxyl groups excluding tert-OH is 1. The highest BCUT2D eigenvalue weighted by molar-refractivity contribution is 5.67. The number of oxazole rings is 1. The first kappa shape index (κ1) is 15.5. The van der Waals surface area contributed by atoms with Crippen molar-refractivity contribution in [2.24, 2.45) is 0 Å². The molecule has 0 aliphatic rings.